The van der Waals surface area contributed by atoms with E-state index in [9.17, 15) is 0 Å². The second kappa shape index (κ2) is 3.46. The Hall–Kier alpha value is 0.290. The molecule has 0 aliphatic carbocycles. The van der Waals surface area contributed by atoms with E-state index in [1.807, 2.05) is 17.1 Å². The molecule has 0 atom stereocenters. The van der Waals surface area contributed by atoms with Crippen LogP contribution in [0.3, 0.4) is 0 Å². The molecule has 0 amide bonds. The van der Waals surface area contributed by atoms with Crippen LogP contribution in [-0.2, 0) is 6.54 Å². The van der Waals surface area contributed by atoms with Crippen molar-refractivity contribution >= 4 is 35.2 Å². The third-order valence-electron chi connectivity index (χ3n) is 0.931. The monoisotopic (exact) mass is 254 g/mol. The fourth-order valence-electron chi connectivity index (χ4n) is 0.563. The van der Waals surface area contributed by atoms with Gasteiger partial charge in [-0.15, -0.1) is 0 Å². The van der Waals surface area contributed by atoms with Gasteiger partial charge in [-0.25, -0.2) is 0 Å². The smallest absolute Gasteiger partial charge is 0.0623 e. The van der Waals surface area contributed by atoms with Crippen LogP contribution in [0.2, 0.25) is 0 Å². The Labute approximate surface area is 73.2 Å². The Morgan fingerprint density at radius 3 is 3.00 bits per heavy atom. The summed E-state index contributed by atoms with van der Waals surface area (Å²) in [6.07, 6.45) is 3.83. The topological polar surface area (TPSA) is 17.8 Å². The first-order chi connectivity index (χ1) is 4.33. The molecule has 50 valence electrons. The zero-order chi connectivity index (χ0) is 6.69. The predicted octanol–water partition coefficient (Wildman–Crippen LogP) is 1.42. The Kier molecular flexibility index (Phi) is 2.84. The fourth-order valence-corrected chi connectivity index (χ4v) is 1.21. The van der Waals surface area contributed by atoms with Crippen LogP contribution < -0.4 is 0 Å². The van der Waals surface area contributed by atoms with E-state index in [1.54, 1.807) is 0 Å². The zero-order valence-corrected chi connectivity index (χ0v) is 7.84. The Bertz CT molecular complexity index is 187. The Morgan fingerprint density at radius 2 is 2.56 bits per heavy atom. The number of thiol groups is 1. The molecule has 9 heavy (non-hydrogen) atoms. The minimum absolute atomic E-state index is 0.845. The van der Waals surface area contributed by atoms with Crippen molar-refractivity contribution in [2.24, 2.45) is 0 Å². The van der Waals surface area contributed by atoms with Crippen molar-refractivity contribution in [1.29, 1.82) is 0 Å². The van der Waals surface area contributed by atoms with Gasteiger partial charge >= 0.3 is 0 Å². The average Bonchev–Trinajstić information content (AvgIpc) is 2.17. The van der Waals surface area contributed by atoms with Gasteiger partial charge in [0.25, 0.3) is 0 Å². The van der Waals surface area contributed by atoms with Crippen molar-refractivity contribution < 1.29 is 0 Å². The highest BCUT2D eigenvalue weighted by Gasteiger charge is 1.90. The molecular weight excluding hydrogens is 247 g/mol. The van der Waals surface area contributed by atoms with E-state index >= 15 is 0 Å². The van der Waals surface area contributed by atoms with Crippen molar-refractivity contribution in [3.8, 4) is 0 Å². The molecule has 1 heterocycles. The molecule has 0 unspecified atom stereocenters. The fraction of sp³-hybridized carbons (Fsp3) is 0.400. The first-order valence-corrected chi connectivity index (χ1v) is 4.33. The van der Waals surface area contributed by atoms with Crippen LogP contribution in [0.4, 0.5) is 0 Å². The van der Waals surface area contributed by atoms with Crippen molar-refractivity contribution in [2.75, 3.05) is 5.75 Å². The van der Waals surface area contributed by atoms with Crippen LogP contribution in [0.15, 0.2) is 12.4 Å². The van der Waals surface area contributed by atoms with Gasteiger partial charge in [0.2, 0.25) is 0 Å². The summed E-state index contributed by atoms with van der Waals surface area (Å²) in [5.74, 6) is 0.845. The highest BCUT2D eigenvalue weighted by molar-refractivity contribution is 14.1. The van der Waals surface area contributed by atoms with Gasteiger partial charge in [0.15, 0.2) is 0 Å². The van der Waals surface area contributed by atoms with Crippen LogP contribution in [0.5, 0.6) is 0 Å². The Morgan fingerprint density at radius 1 is 1.78 bits per heavy atom. The Balaban J connectivity index is 2.61. The summed E-state index contributed by atoms with van der Waals surface area (Å²) in [7, 11) is 0. The van der Waals surface area contributed by atoms with E-state index in [1.165, 1.54) is 3.57 Å². The van der Waals surface area contributed by atoms with E-state index < -0.39 is 0 Å². The lowest BCUT2D eigenvalue weighted by Gasteiger charge is -1.92. The quantitative estimate of drug-likeness (QED) is 0.624. The van der Waals surface area contributed by atoms with Gasteiger partial charge < -0.3 is 0 Å². The van der Waals surface area contributed by atoms with E-state index in [-0.39, 0.29) is 0 Å². The van der Waals surface area contributed by atoms with Gasteiger partial charge in [-0.2, -0.15) is 17.7 Å². The van der Waals surface area contributed by atoms with E-state index in [4.69, 9.17) is 0 Å². The van der Waals surface area contributed by atoms with Gasteiger partial charge in [-0.1, -0.05) is 0 Å². The molecule has 1 rings (SSSR count). The molecule has 0 aliphatic rings. The molecule has 1 aromatic heterocycles. The molecule has 0 aromatic carbocycles. The van der Waals surface area contributed by atoms with Crippen molar-refractivity contribution in [3.63, 3.8) is 0 Å². The molecule has 0 bridgehead atoms. The largest absolute Gasteiger partial charge is 0.271 e. The standard InChI is InChI=1S/C5H7IN2S/c6-5-3-7-8(4-5)1-2-9/h3-4,9H,1-2H2. The third kappa shape index (κ3) is 2.17. The summed E-state index contributed by atoms with van der Waals surface area (Å²) in [5.41, 5.74) is 0. The van der Waals surface area contributed by atoms with E-state index in [0.717, 1.165) is 12.3 Å². The van der Waals surface area contributed by atoms with Crippen LogP contribution >= 0.6 is 35.2 Å². The molecule has 2 nitrogen and oxygen atoms in total. The van der Waals surface area contributed by atoms with E-state index in [2.05, 4.69) is 40.3 Å². The average molecular weight is 254 g/mol. The van der Waals surface area contributed by atoms with Crippen molar-refractivity contribution in [3.05, 3.63) is 16.0 Å². The normalized spacial score (nSPS) is 10.0. The predicted molar refractivity (Wildman–Crippen MR) is 48.8 cm³/mol. The number of hydrogen-bond donors (Lipinski definition) is 1. The number of nitrogens with zero attached hydrogens (tertiary/aromatic N) is 2. The maximum Gasteiger partial charge on any atom is 0.0623 e. The second-order valence-corrected chi connectivity index (χ2v) is 3.34. The van der Waals surface area contributed by atoms with Gasteiger partial charge in [-0.3, -0.25) is 4.68 Å². The maximum absolute atomic E-state index is 4.08. The lowest BCUT2D eigenvalue weighted by Crippen LogP contribution is -1.98. The molecule has 0 saturated heterocycles. The molecule has 0 N–H and O–H groups in total. The summed E-state index contributed by atoms with van der Waals surface area (Å²) in [5, 5.41) is 4.07. The minimum atomic E-state index is 0.845. The van der Waals surface area contributed by atoms with Crippen LogP contribution in [0.1, 0.15) is 0 Å². The van der Waals surface area contributed by atoms with Gasteiger partial charge in [0, 0.05) is 18.5 Å². The van der Waals surface area contributed by atoms with Crippen LogP contribution in [-0.4, -0.2) is 15.5 Å². The number of aryl methyl sites for hydroxylation is 1. The summed E-state index contributed by atoms with van der Waals surface area (Å²) in [6, 6.07) is 0. The maximum atomic E-state index is 4.08. The summed E-state index contributed by atoms with van der Waals surface area (Å²) in [6.45, 7) is 0.895. The SMILES string of the molecule is SCCn1cc(I)cn1. The molecular formula is C5H7IN2S. The summed E-state index contributed by atoms with van der Waals surface area (Å²) in [4.78, 5) is 0. The van der Waals surface area contributed by atoms with Crippen LogP contribution in [0, 0.1) is 3.57 Å². The lowest BCUT2D eigenvalue weighted by atomic mass is 10.7. The first kappa shape index (κ1) is 7.40. The zero-order valence-electron chi connectivity index (χ0n) is 4.79. The molecule has 0 spiro atoms. The number of rotatable bonds is 2. The molecule has 0 saturated carbocycles. The highest BCUT2D eigenvalue weighted by atomic mass is 127. The number of hydrogen-bond acceptors (Lipinski definition) is 2. The number of halogens is 1. The summed E-state index contributed by atoms with van der Waals surface area (Å²) < 4.78 is 3.06. The minimum Gasteiger partial charge on any atom is -0.271 e. The molecule has 0 radical (unpaired) electrons. The summed E-state index contributed by atoms with van der Waals surface area (Å²) >= 11 is 6.31. The highest BCUT2D eigenvalue weighted by Crippen LogP contribution is 2.00. The number of aromatic nitrogens is 2. The van der Waals surface area contributed by atoms with Gasteiger partial charge in [-0.05, 0) is 22.6 Å². The molecule has 1 aromatic rings. The third-order valence-corrected chi connectivity index (χ3v) is 1.69. The molecule has 4 heteroatoms. The molecule has 0 aliphatic heterocycles. The first-order valence-electron chi connectivity index (χ1n) is 2.62. The lowest BCUT2D eigenvalue weighted by molar-refractivity contribution is 0.667. The second-order valence-electron chi connectivity index (χ2n) is 1.65. The van der Waals surface area contributed by atoms with E-state index in [0.29, 0.717) is 0 Å². The van der Waals surface area contributed by atoms with Crippen molar-refractivity contribution in [1.82, 2.24) is 9.78 Å². The van der Waals surface area contributed by atoms with Gasteiger partial charge in [0.05, 0.1) is 9.77 Å². The van der Waals surface area contributed by atoms with Crippen LogP contribution in [0.25, 0.3) is 0 Å². The van der Waals surface area contributed by atoms with Gasteiger partial charge in [0.1, 0.15) is 0 Å². The van der Waals surface area contributed by atoms with Crippen molar-refractivity contribution in [2.45, 2.75) is 6.54 Å². The molecule has 0 fully saturated rings.